The zero-order valence-corrected chi connectivity index (χ0v) is 13.1. The molecule has 2 aromatic heterocycles. The summed E-state index contributed by atoms with van der Waals surface area (Å²) >= 11 is 0.887. The van der Waals surface area contributed by atoms with Gasteiger partial charge in [-0.2, -0.15) is 4.37 Å². The Morgan fingerprint density at radius 3 is 2.95 bits per heavy atom. The summed E-state index contributed by atoms with van der Waals surface area (Å²) in [6.07, 6.45) is 0. The van der Waals surface area contributed by atoms with Crippen molar-refractivity contribution in [1.82, 2.24) is 9.36 Å². The molecule has 1 aliphatic rings. The maximum atomic E-state index is 12.7. The third kappa shape index (κ3) is 2.42. The average Bonchev–Trinajstić information content (AvgIpc) is 2.96. The number of rotatable bonds is 3. The fourth-order valence-corrected chi connectivity index (χ4v) is 4.39. The Labute approximate surface area is 126 Å². The van der Waals surface area contributed by atoms with Gasteiger partial charge in [0.25, 0.3) is 10.0 Å². The van der Waals surface area contributed by atoms with Crippen molar-refractivity contribution in [3.05, 3.63) is 23.9 Å². The van der Waals surface area contributed by atoms with Crippen LogP contribution in [0.5, 0.6) is 11.8 Å². The maximum Gasteiger partial charge on any atom is 0.275 e. The minimum absolute atomic E-state index is 0.132. The summed E-state index contributed by atoms with van der Waals surface area (Å²) in [5, 5.41) is 0. The molecule has 9 heteroatoms. The van der Waals surface area contributed by atoms with Crippen LogP contribution < -0.4 is 13.8 Å². The van der Waals surface area contributed by atoms with E-state index >= 15 is 0 Å². The van der Waals surface area contributed by atoms with Crippen molar-refractivity contribution in [3.63, 3.8) is 0 Å². The molecule has 3 heterocycles. The fraction of sp³-hybridized carbons (Fsp3) is 0.333. The molecular weight excluding hydrogens is 314 g/mol. The van der Waals surface area contributed by atoms with E-state index in [0.29, 0.717) is 11.6 Å². The Kier molecular flexibility index (Phi) is 3.46. The number of sulfonamides is 1. The van der Waals surface area contributed by atoms with Crippen LogP contribution in [0.15, 0.2) is 22.4 Å². The van der Waals surface area contributed by atoms with E-state index in [-0.39, 0.29) is 23.2 Å². The largest absolute Gasteiger partial charge is 0.480 e. The number of pyridine rings is 1. The molecule has 3 rings (SSSR count). The molecule has 21 heavy (non-hydrogen) atoms. The molecule has 0 unspecified atom stereocenters. The Morgan fingerprint density at radius 2 is 2.24 bits per heavy atom. The molecule has 1 aliphatic heterocycles. The monoisotopic (exact) mass is 327 g/mol. The zero-order valence-electron chi connectivity index (χ0n) is 11.4. The molecule has 0 N–H and O–H groups in total. The Bertz CT molecular complexity index is 773. The zero-order chi connectivity index (χ0) is 15.0. The standard InChI is InChI=1S/C12H13N3O4S2/c1-8-3-4-9-12(13-8)19-6-5-15(9)21(16,17)11-7-10(18-2)14-20-11/h3-4,7H,5-6H2,1-2H3. The van der Waals surface area contributed by atoms with E-state index in [2.05, 4.69) is 9.36 Å². The van der Waals surface area contributed by atoms with Crippen molar-refractivity contribution < 1.29 is 17.9 Å². The van der Waals surface area contributed by atoms with Crippen molar-refractivity contribution in [2.24, 2.45) is 0 Å². The molecule has 0 aromatic carbocycles. The van der Waals surface area contributed by atoms with Crippen molar-refractivity contribution >= 4 is 27.2 Å². The number of hydrogen-bond donors (Lipinski definition) is 0. The summed E-state index contributed by atoms with van der Waals surface area (Å²) in [5.74, 6) is 0.621. The molecule has 2 aromatic rings. The van der Waals surface area contributed by atoms with Gasteiger partial charge in [-0.1, -0.05) is 0 Å². The van der Waals surface area contributed by atoms with Crippen LogP contribution in [0.4, 0.5) is 5.69 Å². The topological polar surface area (TPSA) is 81.6 Å². The van der Waals surface area contributed by atoms with E-state index in [1.807, 2.05) is 6.92 Å². The molecule has 0 radical (unpaired) electrons. The molecule has 7 nitrogen and oxygen atoms in total. The van der Waals surface area contributed by atoms with Gasteiger partial charge in [-0.15, -0.1) is 0 Å². The molecule has 0 aliphatic carbocycles. The number of aryl methyl sites for hydroxylation is 1. The highest BCUT2D eigenvalue weighted by Gasteiger charge is 2.32. The summed E-state index contributed by atoms with van der Waals surface area (Å²) in [5.41, 5.74) is 1.21. The lowest BCUT2D eigenvalue weighted by molar-refractivity contribution is 0.302. The van der Waals surface area contributed by atoms with Crippen molar-refractivity contribution in [1.29, 1.82) is 0 Å². The van der Waals surface area contributed by atoms with Crippen LogP contribution in [0.3, 0.4) is 0 Å². The van der Waals surface area contributed by atoms with Gasteiger partial charge in [0.1, 0.15) is 12.3 Å². The Morgan fingerprint density at radius 1 is 1.43 bits per heavy atom. The highest BCUT2D eigenvalue weighted by molar-refractivity contribution is 7.94. The van der Waals surface area contributed by atoms with Crippen LogP contribution in [-0.2, 0) is 10.0 Å². The molecule has 0 fully saturated rings. The van der Waals surface area contributed by atoms with Crippen LogP contribution in [0, 0.1) is 6.92 Å². The van der Waals surface area contributed by atoms with Crippen molar-refractivity contribution in [2.45, 2.75) is 11.1 Å². The molecule has 112 valence electrons. The number of anilines is 1. The summed E-state index contributed by atoms with van der Waals surface area (Å²) in [6.45, 7) is 2.32. The first-order valence-electron chi connectivity index (χ1n) is 6.16. The minimum Gasteiger partial charge on any atom is -0.480 e. The van der Waals surface area contributed by atoms with E-state index < -0.39 is 10.0 Å². The first-order valence-corrected chi connectivity index (χ1v) is 8.37. The van der Waals surface area contributed by atoms with Crippen molar-refractivity contribution in [2.75, 3.05) is 24.6 Å². The molecule has 0 amide bonds. The Hall–Kier alpha value is -1.87. The van der Waals surface area contributed by atoms with Crippen LogP contribution >= 0.6 is 11.5 Å². The lowest BCUT2D eigenvalue weighted by Crippen LogP contribution is -2.37. The number of aromatic nitrogens is 2. The van der Waals surface area contributed by atoms with Crippen LogP contribution in [0.2, 0.25) is 0 Å². The van der Waals surface area contributed by atoms with Gasteiger partial charge in [-0.25, -0.2) is 13.4 Å². The van der Waals surface area contributed by atoms with Gasteiger partial charge >= 0.3 is 0 Å². The van der Waals surface area contributed by atoms with E-state index in [1.54, 1.807) is 12.1 Å². The molecule has 0 spiro atoms. The van der Waals surface area contributed by atoms with Crippen LogP contribution in [0.1, 0.15) is 5.69 Å². The van der Waals surface area contributed by atoms with E-state index in [1.165, 1.54) is 17.5 Å². The van der Waals surface area contributed by atoms with Gasteiger partial charge in [0, 0.05) is 11.8 Å². The Balaban J connectivity index is 2.05. The van der Waals surface area contributed by atoms with Gasteiger partial charge in [0.2, 0.25) is 11.8 Å². The van der Waals surface area contributed by atoms with Crippen LogP contribution in [-0.4, -0.2) is 38.0 Å². The second-order valence-corrected chi connectivity index (χ2v) is 7.28. The molecule has 0 saturated heterocycles. The first-order chi connectivity index (χ1) is 10.0. The number of hydrogen-bond acceptors (Lipinski definition) is 7. The number of methoxy groups -OCH3 is 1. The van der Waals surface area contributed by atoms with Gasteiger partial charge in [-0.3, -0.25) is 4.31 Å². The molecule has 0 bridgehead atoms. The summed E-state index contributed by atoms with van der Waals surface area (Å²) in [6, 6.07) is 4.87. The maximum absolute atomic E-state index is 12.7. The normalized spacial score (nSPS) is 14.5. The molecular formula is C12H13N3O4S2. The van der Waals surface area contributed by atoms with E-state index in [9.17, 15) is 8.42 Å². The molecule has 0 atom stereocenters. The lowest BCUT2D eigenvalue weighted by Gasteiger charge is -2.29. The number of fused-ring (bicyclic) bond motifs is 1. The summed E-state index contributed by atoms with van der Waals surface area (Å²) < 4.78 is 41.2. The summed E-state index contributed by atoms with van der Waals surface area (Å²) in [4.78, 5) is 4.23. The van der Waals surface area contributed by atoms with Gasteiger partial charge in [-0.05, 0) is 30.6 Å². The fourth-order valence-electron chi connectivity index (χ4n) is 1.99. The number of nitrogens with zero attached hydrogens (tertiary/aromatic N) is 3. The second kappa shape index (κ2) is 5.15. The SMILES string of the molecule is COc1cc(S(=O)(=O)N2CCOc3nc(C)ccc32)sn1. The highest BCUT2D eigenvalue weighted by atomic mass is 32.2. The highest BCUT2D eigenvalue weighted by Crippen LogP contribution is 2.35. The third-order valence-electron chi connectivity index (χ3n) is 3.00. The predicted octanol–water partition coefficient (Wildman–Crippen LogP) is 1.44. The third-order valence-corrected chi connectivity index (χ3v) is 6.01. The summed E-state index contributed by atoms with van der Waals surface area (Å²) in [7, 11) is -2.24. The van der Waals surface area contributed by atoms with Crippen molar-refractivity contribution in [3.8, 4) is 11.8 Å². The smallest absolute Gasteiger partial charge is 0.275 e. The molecule has 0 saturated carbocycles. The minimum atomic E-state index is -3.69. The van der Waals surface area contributed by atoms with Crippen LogP contribution in [0.25, 0.3) is 0 Å². The number of ether oxygens (including phenoxy) is 2. The second-order valence-electron chi connectivity index (χ2n) is 4.39. The van der Waals surface area contributed by atoms with Gasteiger partial charge < -0.3 is 9.47 Å². The first kappa shape index (κ1) is 14.1. The van der Waals surface area contributed by atoms with Gasteiger partial charge in [0.15, 0.2) is 4.21 Å². The predicted molar refractivity (Wildman–Crippen MR) is 77.7 cm³/mol. The van der Waals surface area contributed by atoms with E-state index in [0.717, 1.165) is 17.2 Å². The average molecular weight is 327 g/mol. The quantitative estimate of drug-likeness (QED) is 0.848. The van der Waals surface area contributed by atoms with Gasteiger partial charge in [0.05, 0.1) is 13.7 Å². The lowest BCUT2D eigenvalue weighted by atomic mass is 10.3. The van der Waals surface area contributed by atoms with E-state index in [4.69, 9.17) is 9.47 Å².